The third-order valence-electron chi connectivity index (χ3n) is 4.21. The summed E-state index contributed by atoms with van der Waals surface area (Å²) in [5.74, 6) is 0.231. The third-order valence-corrected chi connectivity index (χ3v) is 4.21. The molecule has 2 unspecified atom stereocenters. The molecule has 2 N–H and O–H groups in total. The standard InChI is InChI=1S/C13H23N3O2.ClH/c1-13(5-6-15-9-13)12(18)16-7-3-4-10(8-16)11(17)14-2;/h10,15H,3-9H2,1-2H3,(H,14,17);1H. The van der Waals surface area contributed by atoms with Gasteiger partial charge >= 0.3 is 0 Å². The monoisotopic (exact) mass is 289 g/mol. The van der Waals surface area contributed by atoms with Crippen molar-refractivity contribution in [2.24, 2.45) is 11.3 Å². The summed E-state index contributed by atoms with van der Waals surface area (Å²) >= 11 is 0. The van der Waals surface area contributed by atoms with Crippen molar-refractivity contribution in [2.45, 2.75) is 26.2 Å². The van der Waals surface area contributed by atoms with Crippen molar-refractivity contribution in [3.8, 4) is 0 Å². The van der Waals surface area contributed by atoms with Gasteiger partial charge in [0, 0.05) is 26.7 Å². The van der Waals surface area contributed by atoms with Crippen LogP contribution in [-0.2, 0) is 9.59 Å². The molecule has 2 aliphatic heterocycles. The van der Waals surface area contributed by atoms with Crippen molar-refractivity contribution in [3.63, 3.8) is 0 Å². The average molecular weight is 290 g/mol. The van der Waals surface area contributed by atoms with E-state index in [2.05, 4.69) is 10.6 Å². The van der Waals surface area contributed by atoms with Crippen molar-refractivity contribution >= 4 is 24.2 Å². The first-order valence-corrected chi connectivity index (χ1v) is 6.78. The molecule has 5 nitrogen and oxygen atoms in total. The van der Waals surface area contributed by atoms with Gasteiger partial charge in [0.05, 0.1) is 11.3 Å². The summed E-state index contributed by atoms with van der Waals surface area (Å²) in [4.78, 5) is 26.1. The van der Waals surface area contributed by atoms with E-state index in [9.17, 15) is 9.59 Å². The maximum atomic E-state index is 12.5. The first-order valence-electron chi connectivity index (χ1n) is 6.78. The fourth-order valence-electron chi connectivity index (χ4n) is 2.96. The average Bonchev–Trinajstić information content (AvgIpc) is 2.85. The van der Waals surface area contributed by atoms with Crippen LogP contribution in [0.5, 0.6) is 0 Å². The Kier molecular flexibility index (Phi) is 5.62. The second-order valence-electron chi connectivity index (χ2n) is 5.69. The molecule has 0 aromatic rings. The lowest BCUT2D eigenvalue weighted by Gasteiger charge is -2.36. The summed E-state index contributed by atoms with van der Waals surface area (Å²) in [5.41, 5.74) is -0.273. The third kappa shape index (κ3) is 3.39. The molecular weight excluding hydrogens is 266 g/mol. The molecule has 0 saturated carbocycles. The van der Waals surface area contributed by atoms with Crippen LogP contribution in [0.15, 0.2) is 0 Å². The zero-order valence-corrected chi connectivity index (χ0v) is 12.5. The summed E-state index contributed by atoms with van der Waals surface area (Å²) in [7, 11) is 1.66. The maximum absolute atomic E-state index is 12.5. The predicted molar refractivity (Wildman–Crippen MR) is 76.2 cm³/mol. The highest BCUT2D eigenvalue weighted by Gasteiger charge is 2.41. The van der Waals surface area contributed by atoms with Gasteiger partial charge in [0.25, 0.3) is 0 Å². The van der Waals surface area contributed by atoms with Crippen molar-refractivity contribution in [2.75, 3.05) is 33.2 Å². The minimum Gasteiger partial charge on any atom is -0.359 e. The van der Waals surface area contributed by atoms with Crippen LogP contribution in [0.4, 0.5) is 0 Å². The largest absolute Gasteiger partial charge is 0.359 e. The van der Waals surface area contributed by atoms with Gasteiger partial charge in [0.1, 0.15) is 0 Å². The second-order valence-corrected chi connectivity index (χ2v) is 5.69. The molecule has 2 rings (SSSR count). The number of rotatable bonds is 2. The van der Waals surface area contributed by atoms with Crippen LogP contribution in [-0.4, -0.2) is 49.9 Å². The molecule has 6 heteroatoms. The number of hydrogen-bond donors (Lipinski definition) is 2. The smallest absolute Gasteiger partial charge is 0.229 e. The van der Waals surface area contributed by atoms with Crippen LogP contribution in [0.1, 0.15) is 26.2 Å². The molecule has 2 atom stereocenters. The molecule has 2 heterocycles. The summed E-state index contributed by atoms with van der Waals surface area (Å²) < 4.78 is 0. The van der Waals surface area contributed by atoms with Gasteiger partial charge in [-0.15, -0.1) is 12.4 Å². The van der Waals surface area contributed by atoms with Gasteiger partial charge in [-0.3, -0.25) is 9.59 Å². The molecule has 2 amide bonds. The minimum absolute atomic E-state index is 0. The Morgan fingerprint density at radius 3 is 2.74 bits per heavy atom. The van der Waals surface area contributed by atoms with Gasteiger partial charge in [-0.25, -0.2) is 0 Å². The lowest BCUT2D eigenvalue weighted by molar-refractivity contribution is -0.143. The fraction of sp³-hybridized carbons (Fsp3) is 0.846. The van der Waals surface area contributed by atoms with Gasteiger partial charge in [0.2, 0.25) is 11.8 Å². The Bertz CT molecular complexity index is 343. The topological polar surface area (TPSA) is 61.4 Å². The SMILES string of the molecule is CNC(=O)C1CCCN(C(=O)C2(C)CCNC2)C1.Cl. The number of piperidine rings is 1. The van der Waals surface area contributed by atoms with Crippen LogP contribution in [0, 0.1) is 11.3 Å². The summed E-state index contributed by atoms with van der Waals surface area (Å²) in [6.45, 7) is 5.07. The van der Waals surface area contributed by atoms with Crippen LogP contribution < -0.4 is 10.6 Å². The van der Waals surface area contributed by atoms with Gasteiger partial charge in [-0.05, 0) is 32.7 Å². The number of likely N-dealkylation sites (tertiary alicyclic amines) is 1. The van der Waals surface area contributed by atoms with E-state index >= 15 is 0 Å². The number of halogens is 1. The Morgan fingerprint density at radius 2 is 2.16 bits per heavy atom. The van der Waals surface area contributed by atoms with Gasteiger partial charge in [-0.1, -0.05) is 0 Å². The molecule has 0 bridgehead atoms. The number of nitrogens with one attached hydrogen (secondary N) is 2. The van der Waals surface area contributed by atoms with E-state index in [-0.39, 0.29) is 35.6 Å². The van der Waals surface area contributed by atoms with Crippen LogP contribution in [0.25, 0.3) is 0 Å². The first kappa shape index (κ1) is 16.2. The van der Waals surface area contributed by atoms with Crippen molar-refractivity contribution in [1.29, 1.82) is 0 Å². The maximum Gasteiger partial charge on any atom is 0.229 e. The van der Waals surface area contributed by atoms with E-state index < -0.39 is 0 Å². The number of nitrogens with zero attached hydrogens (tertiary/aromatic N) is 1. The van der Waals surface area contributed by atoms with Crippen molar-refractivity contribution < 1.29 is 9.59 Å². The highest BCUT2D eigenvalue weighted by atomic mass is 35.5. The molecule has 2 fully saturated rings. The van der Waals surface area contributed by atoms with Gasteiger partial charge in [0.15, 0.2) is 0 Å². The molecular formula is C13H24ClN3O2. The van der Waals surface area contributed by atoms with E-state index in [4.69, 9.17) is 0 Å². The van der Waals surface area contributed by atoms with Crippen LogP contribution in [0.2, 0.25) is 0 Å². The van der Waals surface area contributed by atoms with E-state index in [1.807, 2.05) is 11.8 Å². The Balaban J connectivity index is 0.00000180. The molecule has 0 spiro atoms. The highest BCUT2D eigenvalue weighted by molar-refractivity contribution is 5.85. The molecule has 0 aliphatic carbocycles. The van der Waals surface area contributed by atoms with E-state index in [0.717, 1.165) is 38.9 Å². The molecule has 0 radical (unpaired) electrons. The Morgan fingerprint density at radius 1 is 1.42 bits per heavy atom. The highest BCUT2D eigenvalue weighted by Crippen LogP contribution is 2.29. The van der Waals surface area contributed by atoms with Crippen LogP contribution in [0.3, 0.4) is 0 Å². The number of carbonyl (C=O) groups is 2. The lowest BCUT2D eigenvalue weighted by Crippen LogP contribution is -2.50. The number of amides is 2. The molecule has 0 aromatic carbocycles. The first-order chi connectivity index (χ1) is 8.57. The molecule has 19 heavy (non-hydrogen) atoms. The molecule has 110 valence electrons. The quantitative estimate of drug-likeness (QED) is 0.773. The van der Waals surface area contributed by atoms with Crippen molar-refractivity contribution in [1.82, 2.24) is 15.5 Å². The zero-order chi connectivity index (χ0) is 13.2. The normalized spacial score (nSPS) is 30.6. The number of hydrogen-bond acceptors (Lipinski definition) is 3. The zero-order valence-electron chi connectivity index (χ0n) is 11.7. The molecule has 2 aliphatic rings. The fourth-order valence-corrected chi connectivity index (χ4v) is 2.96. The van der Waals surface area contributed by atoms with Gasteiger partial charge in [-0.2, -0.15) is 0 Å². The summed E-state index contributed by atoms with van der Waals surface area (Å²) in [5, 5.41) is 5.94. The lowest BCUT2D eigenvalue weighted by atomic mass is 9.86. The van der Waals surface area contributed by atoms with E-state index in [0.29, 0.717) is 6.54 Å². The van der Waals surface area contributed by atoms with Crippen molar-refractivity contribution in [3.05, 3.63) is 0 Å². The summed E-state index contributed by atoms with van der Waals surface area (Å²) in [6, 6.07) is 0. The second kappa shape index (κ2) is 6.57. The minimum atomic E-state index is -0.273. The van der Waals surface area contributed by atoms with Gasteiger partial charge < -0.3 is 15.5 Å². The number of carbonyl (C=O) groups excluding carboxylic acids is 2. The molecule has 2 saturated heterocycles. The molecule has 0 aromatic heterocycles. The Labute approximate surface area is 120 Å². The van der Waals surface area contributed by atoms with E-state index in [1.54, 1.807) is 7.05 Å². The van der Waals surface area contributed by atoms with Crippen LogP contribution >= 0.6 is 12.4 Å². The summed E-state index contributed by atoms with van der Waals surface area (Å²) in [6.07, 6.45) is 2.71. The Hall–Kier alpha value is -0.810. The van der Waals surface area contributed by atoms with E-state index in [1.165, 1.54) is 0 Å². The predicted octanol–water partition coefficient (Wildman–Crippen LogP) is 0.392.